The summed E-state index contributed by atoms with van der Waals surface area (Å²) < 4.78 is 8.14. The molecule has 2 aromatic heterocycles. The minimum atomic E-state index is -1.15. The Morgan fingerprint density at radius 3 is 2.96 bits per heavy atom. The molecule has 1 aliphatic heterocycles. The number of aromatic nitrogens is 2. The predicted octanol–water partition coefficient (Wildman–Crippen LogP) is 3.63. The number of carboxylic acid groups (broad SMARTS) is 1. The molecule has 1 aliphatic rings. The van der Waals surface area contributed by atoms with Crippen LogP contribution >= 0.6 is 15.9 Å². The van der Waals surface area contributed by atoms with Crippen LogP contribution in [0.15, 0.2) is 23.1 Å². The summed E-state index contributed by atoms with van der Waals surface area (Å²) in [4.78, 5) is 17.3. The Bertz CT molecular complexity index is 809. The van der Waals surface area contributed by atoms with Crippen LogP contribution in [0.2, 0.25) is 0 Å². The van der Waals surface area contributed by atoms with Crippen molar-refractivity contribution < 1.29 is 19.7 Å². The first kappa shape index (κ1) is 19.0. The molecule has 2 N–H and O–H groups in total. The van der Waals surface area contributed by atoms with Gasteiger partial charge in [0.2, 0.25) is 0 Å². The van der Waals surface area contributed by atoms with Gasteiger partial charge >= 0.3 is 6.09 Å². The number of fused-ring (bicyclic) bond motifs is 1. The van der Waals surface area contributed by atoms with Crippen LogP contribution in [-0.4, -0.2) is 50.3 Å². The van der Waals surface area contributed by atoms with Crippen LogP contribution in [-0.2, 0) is 5.60 Å². The zero-order valence-electron chi connectivity index (χ0n) is 15.0. The number of carbonyl (C=O) groups is 1. The molecule has 0 saturated carbocycles. The van der Waals surface area contributed by atoms with Crippen molar-refractivity contribution in [3.05, 3.63) is 28.6 Å². The van der Waals surface area contributed by atoms with Crippen LogP contribution in [0, 0.1) is 0 Å². The number of imidazole rings is 1. The second-order valence-corrected chi connectivity index (χ2v) is 7.63. The minimum Gasteiger partial charge on any atom is -0.496 e. The normalized spacial score (nSPS) is 23.4. The molecule has 3 rings (SSSR count). The number of methoxy groups -OCH3 is 1. The van der Waals surface area contributed by atoms with E-state index in [0.717, 1.165) is 23.9 Å². The SMILES string of the molecule is CCCCC1CC(O)(c2cn3c(Br)cnc3cc2OC)CCN1C(=O)O. The van der Waals surface area contributed by atoms with Gasteiger partial charge in [-0.1, -0.05) is 19.8 Å². The fourth-order valence-electron chi connectivity index (χ4n) is 3.78. The van der Waals surface area contributed by atoms with Crippen LogP contribution in [0.5, 0.6) is 5.75 Å². The number of aliphatic hydroxyl groups is 1. The Balaban J connectivity index is 2.00. The number of halogens is 1. The van der Waals surface area contributed by atoms with E-state index in [1.807, 2.05) is 10.6 Å². The Kier molecular flexibility index (Phi) is 5.43. The Hall–Kier alpha value is -1.80. The molecule has 0 spiro atoms. The van der Waals surface area contributed by atoms with Gasteiger partial charge in [-0.25, -0.2) is 9.78 Å². The number of piperidine rings is 1. The fourth-order valence-corrected chi connectivity index (χ4v) is 4.16. The van der Waals surface area contributed by atoms with E-state index in [1.165, 1.54) is 4.90 Å². The molecule has 2 atom stereocenters. The summed E-state index contributed by atoms with van der Waals surface area (Å²) in [5.74, 6) is 0.566. The first-order valence-electron chi connectivity index (χ1n) is 8.82. The van der Waals surface area contributed by atoms with E-state index in [2.05, 4.69) is 27.8 Å². The van der Waals surface area contributed by atoms with Gasteiger partial charge in [0.25, 0.3) is 0 Å². The third kappa shape index (κ3) is 3.40. The summed E-state index contributed by atoms with van der Waals surface area (Å²) in [6, 6.07) is 1.58. The highest BCUT2D eigenvalue weighted by Gasteiger charge is 2.43. The van der Waals surface area contributed by atoms with Gasteiger partial charge < -0.3 is 19.8 Å². The first-order valence-corrected chi connectivity index (χ1v) is 9.62. The molecule has 2 unspecified atom stereocenters. The average Bonchev–Trinajstić information content (AvgIpc) is 2.99. The molecule has 1 amide bonds. The van der Waals surface area contributed by atoms with Gasteiger partial charge in [0.1, 0.15) is 16.0 Å². The van der Waals surface area contributed by atoms with Gasteiger partial charge in [-0.2, -0.15) is 0 Å². The van der Waals surface area contributed by atoms with Gasteiger partial charge in [0.05, 0.1) is 18.9 Å². The quantitative estimate of drug-likeness (QED) is 0.763. The summed E-state index contributed by atoms with van der Waals surface area (Å²) in [6.07, 6.45) is 5.94. The molecule has 2 aromatic rings. The Labute approximate surface area is 160 Å². The highest BCUT2D eigenvalue weighted by atomic mass is 79.9. The van der Waals surface area contributed by atoms with Crippen molar-refractivity contribution in [1.82, 2.24) is 14.3 Å². The van der Waals surface area contributed by atoms with Crippen LogP contribution in [0.25, 0.3) is 5.65 Å². The van der Waals surface area contributed by atoms with E-state index < -0.39 is 11.7 Å². The number of pyridine rings is 1. The van der Waals surface area contributed by atoms with Crippen LogP contribution in [0.3, 0.4) is 0 Å². The molecule has 0 aliphatic carbocycles. The third-order valence-electron chi connectivity index (χ3n) is 5.20. The van der Waals surface area contributed by atoms with Crippen molar-refractivity contribution in [1.29, 1.82) is 0 Å². The van der Waals surface area contributed by atoms with Crippen LogP contribution in [0.4, 0.5) is 4.79 Å². The molecular formula is C18H24BrN3O4. The van der Waals surface area contributed by atoms with Crippen molar-refractivity contribution in [2.24, 2.45) is 0 Å². The number of amides is 1. The van der Waals surface area contributed by atoms with Crippen molar-refractivity contribution >= 4 is 27.7 Å². The molecule has 1 saturated heterocycles. The minimum absolute atomic E-state index is 0.210. The second kappa shape index (κ2) is 7.44. The molecule has 0 aromatic carbocycles. The van der Waals surface area contributed by atoms with Gasteiger partial charge in [-0.3, -0.25) is 4.40 Å². The highest BCUT2D eigenvalue weighted by molar-refractivity contribution is 9.10. The zero-order valence-corrected chi connectivity index (χ0v) is 16.6. The fraction of sp³-hybridized carbons (Fsp3) is 0.556. The van der Waals surface area contributed by atoms with E-state index in [9.17, 15) is 15.0 Å². The largest absolute Gasteiger partial charge is 0.496 e. The predicted molar refractivity (Wildman–Crippen MR) is 101 cm³/mol. The summed E-state index contributed by atoms with van der Waals surface area (Å²) in [5.41, 5.74) is 0.234. The Morgan fingerprint density at radius 1 is 1.54 bits per heavy atom. The smallest absolute Gasteiger partial charge is 0.407 e. The third-order valence-corrected chi connectivity index (χ3v) is 5.79. The molecule has 142 valence electrons. The molecule has 1 fully saturated rings. The number of likely N-dealkylation sites (tertiary alicyclic amines) is 1. The van der Waals surface area contributed by atoms with Crippen LogP contribution in [0.1, 0.15) is 44.6 Å². The van der Waals surface area contributed by atoms with Gasteiger partial charge in [0, 0.05) is 36.8 Å². The monoisotopic (exact) mass is 425 g/mol. The molecule has 26 heavy (non-hydrogen) atoms. The van der Waals surface area contributed by atoms with Gasteiger partial charge in [0.15, 0.2) is 0 Å². The van der Waals surface area contributed by atoms with E-state index in [-0.39, 0.29) is 6.04 Å². The number of hydrogen-bond donors (Lipinski definition) is 2. The van der Waals surface area contributed by atoms with Gasteiger partial charge in [-0.05, 0) is 28.8 Å². The number of hydrogen-bond acceptors (Lipinski definition) is 4. The first-order chi connectivity index (χ1) is 12.4. The molecule has 0 bridgehead atoms. The average molecular weight is 426 g/mol. The van der Waals surface area contributed by atoms with Crippen molar-refractivity contribution in [3.8, 4) is 5.75 Å². The van der Waals surface area contributed by atoms with Gasteiger partial charge in [-0.15, -0.1) is 0 Å². The summed E-state index contributed by atoms with van der Waals surface area (Å²) >= 11 is 3.46. The van der Waals surface area contributed by atoms with E-state index >= 15 is 0 Å². The maximum Gasteiger partial charge on any atom is 0.407 e. The van der Waals surface area contributed by atoms with Crippen molar-refractivity contribution in [2.75, 3.05) is 13.7 Å². The molecule has 7 nitrogen and oxygen atoms in total. The zero-order chi connectivity index (χ0) is 18.9. The van der Waals surface area contributed by atoms with Crippen LogP contribution < -0.4 is 4.74 Å². The molecule has 8 heteroatoms. The Morgan fingerprint density at radius 2 is 2.31 bits per heavy atom. The summed E-state index contributed by atoms with van der Waals surface area (Å²) in [5, 5.41) is 21.0. The lowest BCUT2D eigenvalue weighted by Crippen LogP contribution is -2.51. The number of ether oxygens (including phenoxy) is 1. The topological polar surface area (TPSA) is 87.3 Å². The summed E-state index contributed by atoms with van der Waals surface area (Å²) in [7, 11) is 1.57. The van der Waals surface area contributed by atoms with E-state index in [0.29, 0.717) is 36.3 Å². The van der Waals surface area contributed by atoms with Crippen molar-refractivity contribution in [2.45, 2.75) is 50.7 Å². The number of unbranched alkanes of at least 4 members (excludes halogenated alkanes) is 1. The number of rotatable bonds is 5. The van der Waals surface area contributed by atoms with Crippen molar-refractivity contribution in [3.63, 3.8) is 0 Å². The maximum absolute atomic E-state index is 11.6. The molecule has 3 heterocycles. The number of nitrogens with zero attached hydrogens (tertiary/aromatic N) is 3. The lowest BCUT2D eigenvalue weighted by Gasteiger charge is -2.43. The molecular weight excluding hydrogens is 402 g/mol. The van der Waals surface area contributed by atoms with E-state index in [4.69, 9.17) is 4.74 Å². The highest BCUT2D eigenvalue weighted by Crippen LogP contribution is 2.42. The van der Waals surface area contributed by atoms with E-state index in [1.54, 1.807) is 19.4 Å². The molecule has 0 radical (unpaired) electrons. The lowest BCUT2D eigenvalue weighted by atomic mass is 9.80. The maximum atomic E-state index is 11.6. The standard InChI is InChI=1S/C18H24BrN3O4/c1-3-4-5-12-9-18(25,6-7-21(12)17(23)24)13-11-22-15(19)10-20-16(22)8-14(13)26-2/h8,10-12,25H,3-7,9H2,1-2H3,(H,23,24). The second-order valence-electron chi connectivity index (χ2n) is 6.82. The summed E-state index contributed by atoms with van der Waals surface area (Å²) in [6.45, 7) is 2.38. The lowest BCUT2D eigenvalue weighted by molar-refractivity contribution is -0.0484.